The average molecular weight is 927 g/mol. The van der Waals surface area contributed by atoms with Crippen LogP contribution in [0.3, 0.4) is 0 Å². The maximum Gasteiger partial charge on any atom is 0.407 e. The molecule has 2 amide bonds. The molecule has 4 N–H and O–H groups in total. The standard InChI is InChI=1S/C46H51ClN8O9S/c1-45(2)14-12-32(38(25-45)30-4-6-33(47)7-5-30)27-52-16-18-53(19-17-52)34-8-10-37(41(23-34)64-35-22-31-13-15-48-42(31)49-26-35)43(56)51-65(61,62)36-9-11-39(40(24-36)55(59)60)50-28-46(3)29-54(44(57)58)20-21-63-46/h4-11,13,15,22-24,26,50H,12,14,16-21,25,27-29H2,1-3H3,(H,48,49)(H,51,56)(H,57,58). The number of rotatable bonds is 13. The molecule has 1 aliphatic carbocycles. The number of piperazine rings is 1. The van der Waals surface area contributed by atoms with Crippen molar-refractivity contribution in [2.24, 2.45) is 5.41 Å². The molecule has 342 valence electrons. The summed E-state index contributed by atoms with van der Waals surface area (Å²) in [5, 5.41) is 26.0. The summed E-state index contributed by atoms with van der Waals surface area (Å²) in [7, 11) is -4.66. The summed E-state index contributed by atoms with van der Waals surface area (Å²) >= 11 is 6.24. The van der Waals surface area contributed by atoms with E-state index in [4.69, 9.17) is 21.1 Å². The fourth-order valence-corrected chi connectivity index (χ4v) is 9.79. The number of nitrogens with zero attached hydrogens (tertiary/aromatic N) is 5. The summed E-state index contributed by atoms with van der Waals surface area (Å²) in [6.45, 7) is 10.5. The lowest BCUT2D eigenvalue weighted by Gasteiger charge is -2.39. The number of hydrogen-bond acceptors (Lipinski definition) is 12. The Balaban J connectivity index is 0.998. The van der Waals surface area contributed by atoms with Gasteiger partial charge in [0.25, 0.3) is 21.6 Å². The SMILES string of the molecule is CC1(C)CCC(CN2CCN(c3ccc(C(=O)NS(=O)(=O)c4ccc(NCC5(C)CN(C(=O)O)CCO5)c([N+](=O)[O-])c4)c(Oc4cnc5[nH]ccc5c4)c3)CC2)=C(c2ccc(Cl)cc2)C1. The molecule has 2 aliphatic heterocycles. The van der Waals surface area contributed by atoms with Crippen LogP contribution >= 0.6 is 11.6 Å². The highest BCUT2D eigenvalue weighted by molar-refractivity contribution is 7.90. The van der Waals surface area contributed by atoms with E-state index in [1.165, 1.54) is 39.9 Å². The number of hydrogen-bond donors (Lipinski definition) is 4. The zero-order chi connectivity index (χ0) is 46.1. The molecule has 0 saturated carbocycles. The molecule has 65 heavy (non-hydrogen) atoms. The van der Waals surface area contributed by atoms with Crippen molar-refractivity contribution in [3.8, 4) is 11.5 Å². The molecule has 1 unspecified atom stereocenters. The number of H-pyrrole nitrogens is 1. The number of halogens is 1. The number of benzene rings is 3. The number of aromatic amines is 1. The minimum Gasteiger partial charge on any atom is -0.465 e. The number of carboxylic acid groups (broad SMARTS) is 1. The molecule has 2 aromatic heterocycles. The number of ether oxygens (including phenoxy) is 2. The molecule has 3 aromatic carbocycles. The van der Waals surface area contributed by atoms with E-state index in [9.17, 15) is 33.2 Å². The second kappa shape index (κ2) is 18.3. The number of aromatic nitrogens is 2. The van der Waals surface area contributed by atoms with Gasteiger partial charge in [-0.25, -0.2) is 22.9 Å². The molecule has 17 nitrogen and oxygen atoms in total. The summed E-state index contributed by atoms with van der Waals surface area (Å²) in [4.78, 5) is 49.7. The fraction of sp³-hybridized carbons (Fsp3) is 0.370. The molecule has 4 heterocycles. The van der Waals surface area contributed by atoms with Crippen LogP contribution < -0.4 is 19.7 Å². The van der Waals surface area contributed by atoms with Gasteiger partial charge in [-0.3, -0.25) is 19.8 Å². The number of carbonyl (C=O) groups is 2. The van der Waals surface area contributed by atoms with Crippen molar-refractivity contribution in [3.63, 3.8) is 0 Å². The van der Waals surface area contributed by atoms with Gasteiger partial charge in [-0.15, -0.1) is 0 Å². The molecule has 5 aromatic rings. The van der Waals surface area contributed by atoms with Crippen molar-refractivity contribution >= 4 is 67.3 Å². The first-order valence-corrected chi connectivity index (χ1v) is 23.2. The third kappa shape index (κ3) is 10.5. The second-order valence-electron chi connectivity index (χ2n) is 17.8. The summed E-state index contributed by atoms with van der Waals surface area (Å²) in [6.07, 6.45) is 5.27. The molecular formula is C46H51ClN8O9S. The van der Waals surface area contributed by atoms with E-state index < -0.39 is 43.1 Å². The van der Waals surface area contributed by atoms with Gasteiger partial charge in [0.1, 0.15) is 28.4 Å². The number of carbonyl (C=O) groups excluding carboxylic acids is 1. The smallest absolute Gasteiger partial charge is 0.407 e. The molecule has 0 bridgehead atoms. The Bertz CT molecular complexity index is 2770. The van der Waals surface area contributed by atoms with Crippen molar-refractivity contribution in [2.75, 3.05) is 69.2 Å². The third-order valence-corrected chi connectivity index (χ3v) is 13.9. The topological polar surface area (TPSA) is 213 Å². The molecular weight excluding hydrogens is 876 g/mol. The number of sulfonamides is 1. The number of morpholine rings is 1. The largest absolute Gasteiger partial charge is 0.465 e. The van der Waals surface area contributed by atoms with Gasteiger partial charge < -0.3 is 34.7 Å². The average Bonchev–Trinajstić information content (AvgIpc) is 3.75. The van der Waals surface area contributed by atoms with E-state index in [1.54, 1.807) is 31.3 Å². The highest BCUT2D eigenvalue weighted by atomic mass is 35.5. The Morgan fingerprint density at radius 3 is 2.52 bits per heavy atom. The number of allylic oxidation sites excluding steroid dienone is 1. The van der Waals surface area contributed by atoms with E-state index in [0.717, 1.165) is 62.1 Å². The Morgan fingerprint density at radius 2 is 1.78 bits per heavy atom. The van der Waals surface area contributed by atoms with Crippen molar-refractivity contribution < 1.29 is 37.5 Å². The highest BCUT2D eigenvalue weighted by Crippen LogP contribution is 2.43. The molecule has 0 spiro atoms. The van der Waals surface area contributed by atoms with Crippen LogP contribution in [-0.2, 0) is 14.8 Å². The number of pyridine rings is 1. The maximum absolute atomic E-state index is 14.0. The summed E-state index contributed by atoms with van der Waals surface area (Å²) < 4.78 is 41.7. The summed E-state index contributed by atoms with van der Waals surface area (Å²) in [5.74, 6) is -0.608. The van der Waals surface area contributed by atoms with E-state index in [1.807, 2.05) is 18.2 Å². The van der Waals surface area contributed by atoms with Gasteiger partial charge in [0, 0.05) is 80.2 Å². The van der Waals surface area contributed by atoms with E-state index >= 15 is 0 Å². The predicted molar refractivity (Wildman–Crippen MR) is 247 cm³/mol. The first kappa shape index (κ1) is 45.4. The minimum atomic E-state index is -4.66. The highest BCUT2D eigenvalue weighted by Gasteiger charge is 2.35. The number of anilines is 2. The molecule has 3 aliphatic rings. The van der Waals surface area contributed by atoms with Crippen LogP contribution in [0.15, 0.2) is 95.7 Å². The van der Waals surface area contributed by atoms with E-state index in [2.05, 4.69) is 55.8 Å². The Labute approximate surface area is 381 Å². The predicted octanol–water partition coefficient (Wildman–Crippen LogP) is 8.00. The zero-order valence-electron chi connectivity index (χ0n) is 36.3. The van der Waals surface area contributed by atoms with Crippen LogP contribution in [0.5, 0.6) is 11.5 Å². The van der Waals surface area contributed by atoms with Crippen LogP contribution in [-0.4, -0.2) is 115 Å². The van der Waals surface area contributed by atoms with Crippen molar-refractivity contribution in [1.82, 2.24) is 24.5 Å². The summed E-state index contributed by atoms with van der Waals surface area (Å²) in [6, 6.07) is 19.9. The quantitative estimate of drug-likeness (QED) is 0.0652. The van der Waals surface area contributed by atoms with Gasteiger partial charge in [-0.2, -0.15) is 0 Å². The van der Waals surface area contributed by atoms with Gasteiger partial charge in [0.2, 0.25) is 0 Å². The third-order valence-electron chi connectivity index (χ3n) is 12.3. The number of amides is 2. The minimum absolute atomic E-state index is 0.00962. The van der Waals surface area contributed by atoms with Crippen LogP contribution in [0.25, 0.3) is 16.6 Å². The zero-order valence-corrected chi connectivity index (χ0v) is 37.9. The molecule has 2 saturated heterocycles. The van der Waals surface area contributed by atoms with Crippen molar-refractivity contribution in [2.45, 2.75) is 50.5 Å². The number of nitrogens with one attached hydrogen (secondary N) is 3. The number of nitro benzene ring substituents is 1. The lowest BCUT2D eigenvalue weighted by atomic mass is 9.72. The Kier molecular flexibility index (Phi) is 12.8. The first-order valence-electron chi connectivity index (χ1n) is 21.3. The molecule has 1 atom stereocenters. The molecule has 8 rings (SSSR count). The van der Waals surface area contributed by atoms with E-state index in [0.29, 0.717) is 29.5 Å². The van der Waals surface area contributed by atoms with E-state index in [-0.39, 0.29) is 48.7 Å². The van der Waals surface area contributed by atoms with Gasteiger partial charge in [-0.05, 0) is 91.3 Å². The molecule has 0 radical (unpaired) electrons. The number of nitro groups is 1. The van der Waals surface area contributed by atoms with Crippen molar-refractivity contribution in [3.05, 3.63) is 117 Å². The maximum atomic E-state index is 14.0. The lowest BCUT2D eigenvalue weighted by Crippen LogP contribution is -2.54. The first-order chi connectivity index (χ1) is 30.9. The van der Waals surface area contributed by atoms with Gasteiger partial charge in [-0.1, -0.05) is 43.2 Å². The monoisotopic (exact) mass is 926 g/mol. The normalized spacial score (nSPS) is 19.3. The van der Waals surface area contributed by atoms with Crippen LogP contribution in [0.2, 0.25) is 5.02 Å². The second-order valence-corrected chi connectivity index (χ2v) is 19.9. The molecule has 2 fully saturated rings. The van der Waals surface area contributed by atoms with Gasteiger partial charge in [0.05, 0.1) is 34.7 Å². The van der Waals surface area contributed by atoms with Crippen molar-refractivity contribution in [1.29, 1.82) is 0 Å². The van der Waals surface area contributed by atoms with Crippen LogP contribution in [0, 0.1) is 15.5 Å². The van der Waals surface area contributed by atoms with Gasteiger partial charge in [0.15, 0.2) is 0 Å². The fourth-order valence-electron chi connectivity index (χ4n) is 8.68. The lowest BCUT2D eigenvalue weighted by molar-refractivity contribution is -0.384. The number of fused-ring (bicyclic) bond motifs is 1. The van der Waals surface area contributed by atoms with Gasteiger partial charge >= 0.3 is 6.09 Å². The van der Waals surface area contributed by atoms with Crippen LogP contribution in [0.4, 0.5) is 21.9 Å². The Morgan fingerprint density at radius 1 is 1.02 bits per heavy atom. The van der Waals surface area contributed by atoms with Crippen LogP contribution in [0.1, 0.15) is 56.0 Å². The summed E-state index contributed by atoms with van der Waals surface area (Å²) in [5.41, 5.74) is 3.99. The Hall–Kier alpha value is -6.21. The molecule has 19 heteroatoms.